The molecule has 7 heteroatoms. The van der Waals surface area contributed by atoms with Gasteiger partial charge in [-0.3, -0.25) is 9.69 Å². The number of nitrogens with zero attached hydrogens (tertiary/aromatic N) is 1. The lowest BCUT2D eigenvalue weighted by Gasteiger charge is -2.26. The van der Waals surface area contributed by atoms with Crippen molar-refractivity contribution < 1.29 is 9.53 Å². The zero-order valence-electron chi connectivity index (χ0n) is 15.2. The fourth-order valence-electron chi connectivity index (χ4n) is 2.91. The summed E-state index contributed by atoms with van der Waals surface area (Å²) in [5, 5.41) is 2.90. The zero-order chi connectivity index (χ0) is 17.5. The van der Waals surface area contributed by atoms with Crippen molar-refractivity contribution in [3.63, 3.8) is 0 Å². The summed E-state index contributed by atoms with van der Waals surface area (Å²) < 4.78 is 5.36. The Labute approximate surface area is 173 Å². The van der Waals surface area contributed by atoms with E-state index in [1.807, 2.05) is 54.6 Å². The Morgan fingerprint density at radius 3 is 2.26 bits per heavy atom. The summed E-state index contributed by atoms with van der Waals surface area (Å²) in [4.78, 5) is 14.6. The fraction of sp³-hybridized carbons (Fsp3) is 0.350. The molecule has 1 aliphatic heterocycles. The van der Waals surface area contributed by atoms with E-state index in [0.717, 1.165) is 44.1 Å². The quantitative estimate of drug-likeness (QED) is 0.766. The second-order valence-electron chi connectivity index (χ2n) is 6.37. The molecule has 0 spiro atoms. The Morgan fingerprint density at radius 1 is 1.00 bits per heavy atom. The van der Waals surface area contributed by atoms with Crippen molar-refractivity contribution in [3.8, 4) is 0 Å². The molecule has 0 aliphatic carbocycles. The molecule has 2 aromatic rings. The van der Waals surface area contributed by atoms with Crippen LogP contribution in [0.3, 0.4) is 0 Å². The van der Waals surface area contributed by atoms with Crippen molar-refractivity contribution in [3.05, 3.63) is 65.7 Å². The Balaban J connectivity index is 0.00000182. The summed E-state index contributed by atoms with van der Waals surface area (Å²) >= 11 is 0. The van der Waals surface area contributed by atoms with Gasteiger partial charge in [0.1, 0.15) is 0 Å². The highest BCUT2D eigenvalue weighted by molar-refractivity contribution is 5.94. The van der Waals surface area contributed by atoms with E-state index in [1.54, 1.807) is 0 Å². The van der Waals surface area contributed by atoms with Crippen LogP contribution in [0.5, 0.6) is 0 Å². The number of nitrogens with two attached hydrogens (primary N) is 1. The van der Waals surface area contributed by atoms with Gasteiger partial charge in [-0.2, -0.15) is 0 Å². The summed E-state index contributed by atoms with van der Waals surface area (Å²) in [5.74, 6) is -0.162. The molecule has 1 heterocycles. The standard InChI is InChI=1S/C20H25N3O2.2ClH/c21-19(14-16-4-2-1-3-5-16)20(24)22-18-8-6-17(7-9-18)15-23-10-12-25-13-11-23;;/h1-9,19H,10-15,21H2,(H,22,24);2*1H/t19-;;/m0../s1. The molecule has 5 nitrogen and oxygen atoms in total. The van der Waals surface area contributed by atoms with Crippen LogP contribution in [0.15, 0.2) is 54.6 Å². The van der Waals surface area contributed by atoms with Gasteiger partial charge in [-0.05, 0) is 29.7 Å². The minimum absolute atomic E-state index is 0. The van der Waals surface area contributed by atoms with E-state index in [-0.39, 0.29) is 30.7 Å². The number of carbonyl (C=O) groups excluding carboxylic acids is 1. The Hall–Kier alpha value is -1.63. The number of rotatable bonds is 6. The molecular weight excluding hydrogens is 385 g/mol. The summed E-state index contributed by atoms with van der Waals surface area (Å²) in [5.41, 5.74) is 9.09. The van der Waals surface area contributed by atoms with Crippen LogP contribution in [0.4, 0.5) is 5.69 Å². The summed E-state index contributed by atoms with van der Waals surface area (Å²) in [7, 11) is 0. The number of hydrogen-bond donors (Lipinski definition) is 2. The normalized spacial score (nSPS) is 15.1. The highest BCUT2D eigenvalue weighted by Crippen LogP contribution is 2.13. The molecule has 0 unspecified atom stereocenters. The fourth-order valence-corrected chi connectivity index (χ4v) is 2.91. The van der Waals surface area contributed by atoms with E-state index in [2.05, 4.69) is 10.2 Å². The first-order valence-electron chi connectivity index (χ1n) is 8.70. The Bertz CT molecular complexity index is 677. The number of halogens is 2. The van der Waals surface area contributed by atoms with Crippen molar-refractivity contribution in [2.45, 2.75) is 19.0 Å². The van der Waals surface area contributed by atoms with Gasteiger partial charge in [-0.15, -0.1) is 24.8 Å². The topological polar surface area (TPSA) is 67.6 Å². The second-order valence-corrected chi connectivity index (χ2v) is 6.37. The maximum absolute atomic E-state index is 12.3. The molecule has 148 valence electrons. The summed E-state index contributed by atoms with van der Waals surface area (Å²) in [6.07, 6.45) is 0.530. The number of ether oxygens (including phenoxy) is 1. The Kier molecular flexibility index (Phi) is 10.4. The minimum Gasteiger partial charge on any atom is -0.379 e. The molecule has 1 atom stereocenters. The van der Waals surface area contributed by atoms with Crippen molar-refractivity contribution in [1.82, 2.24) is 4.90 Å². The molecule has 1 fully saturated rings. The highest BCUT2D eigenvalue weighted by Gasteiger charge is 2.14. The largest absolute Gasteiger partial charge is 0.379 e. The van der Waals surface area contributed by atoms with Gasteiger partial charge >= 0.3 is 0 Å². The van der Waals surface area contributed by atoms with E-state index in [9.17, 15) is 4.79 Å². The van der Waals surface area contributed by atoms with Gasteiger partial charge in [0.05, 0.1) is 19.3 Å². The molecule has 1 saturated heterocycles. The molecule has 0 aromatic heterocycles. The van der Waals surface area contributed by atoms with Gasteiger partial charge in [-0.25, -0.2) is 0 Å². The third-order valence-corrected chi connectivity index (χ3v) is 4.37. The molecule has 2 aromatic carbocycles. The van der Waals surface area contributed by atoms with Crippen LogP contribution in [0, 0.1) is 0 Å². The number of carbonyl (C=O) groups is 1. The van der Waals surface area contributed by atoms with Gasteiger partial charge in [-0.1, -0.05) is 42.5 Å². The number of amides is 1. The van der Waals surface area contributed by atoms with E-state index in [1.165, 1.54) is 5.56 Å². The third kappa shape index (κ3) is 7.48. The van der Waals surface area contributed by atoms with Crippen LogP contribution in [0.2, 0.25) is 0 Å². The predicted molar refractivity (Wildman–Crippen MR) is 114 cm³/mol. The van der Waals surface area contributed by atoms with Gasteiger partial charge < -0.3 is 15.8 Å². The van der Waals surface area contributed by atoms with Gasteiger partial charge in [0, 0.05) is 25.3 Å². The molecule has 27 heavy (non-hydrogen) atoms. The van der Waals surface area contributed by atoms with E-state index in [4.69, 9.17) is 10.5 Å². The molecule has 3 rings (SSSR count). The highest BCUT2D eigenvalue weighted by atomic mass is 35.5. The molecule has 1 aliphatic rings. The van der Waals surface area contributed by atoms with Crippen molar-refractivity contribution >= 4 is 36.4 Å². The monoisotopic (exact) mass is 411 g/mol. The van der Waals surface area contributed by atoms with Crippen molar-refractivity contribution in [2.75, 3.05) is 31.6 Å². The smallest absolute Gasteiger partial charge is 0.241 e. The molecule has 3 N–H and O–H groups in total. The molecule has 1 amide bonds. The lowest BCUT2D eigenvalue weighted by atomic mass is 10.1. The van der Waals surface area contributed by atoms with Crippen molar-refractivity contribution in [1.29, 1.82) is 0 Å². The van der Waals surface area contributed by atoms with Crippen LogP contribution >= 0.6 is 24.8 Å². The SMILES string of the molecule is Cl.Cl.N[C@@H](Cc1ccccc1)C(=O)Nc1ccc(CN2CCOCC2)cc1. The maximum Gasteiger partial charge on any atom is 0.241 e. The Morgan fingerprint density at radius 2 is 1.63 bits per heavy atom. The van der Waals surface area contributed by atoms with Crippen LogP contribution in [-0.4, -0.2) is 43.2 Å². The number of hydrogen-bond acceptors (Lipinski definition) is 4. The number of morpholine rings is 1. The first kappa shape index (κ1) is 23.4. The van der Waals surface area contributed by atoms with E-state index < -0.39 is 6.04 Å². The first-order chi connectivity index (χ1) is 12.2. The van der Waals surface area contributed by atoms with Crippen LogP contribution in [0.1, 0.15) is 11.1 Å². The van der Waals surface area contributed by atoms with Gasteiger partial charge in [0.2, 0.25) is 5.91 Å². The molecule has 0 saturated carbocycles. The second kappa shape index (κ2) is 12.0. The average Bonchev–Trinajstić information content (AvgIpc) is 2.65. The number of anilines is 1. The predicted octanol–water partition coefficient (Wildman–Crippen LogP) is 2.87. The average molecular weight is 412 g/mol. The summed E-state index contributed by atoms with van der Waals surface area (Å²) in [6, 6.07) is 17.2. The van der Waals surface area contributed by atoms with E-state index >= 15 is 0 Å². The number of nitrogens with one attached hydrogen (secondary N) is 1. The molecule has 0 radical (unpaired) electrons. The minimum atomic E-state index is -0.560. The molecule has 0 bridgehead atoms. The van der Waals surface area contributed by atoms with Gasteiger partial charge in [0.25, 0.3) is 0 Å². The third-order valence-electron chi connectivity index (χ3n) is 4.37. The first-order valence-corrected chi connectivity index (χ1v) is 8.70. The van der Waals surface area contributed by atoms with E-state index in [0.29, 0.717) is 6.42 Å². The lowest BCUT2D eigenvalue weighted by molar-refractivity contribution is -0.117. The van der Waals surface area contributed by atoms with Crippen LogP contribution in [-0.2, 0) is 22.5 Å². The van der Waals surface area contributed by atoms with Crippen LogP contribution in [0.25, 0.3) is 0 Å². The van der Waals surface area contributed by atoms with Crippen molar-refractivity contribution in [2.24, 2.45) is 5.73 Å². The van der Waals surface area contributed by atoms with Crippen LogP contribution < -0.4 is 11.1 Å². The maximum atomic E-state index is 12.3. The lowest BCUT2D eigenvalue weighted by Crippen LogP contribution is -2.37. The summed E-state index contributed by atoms with van der Waals surface area (Å²) in [6.45, 7) is 4.44. The zero-order valence-corrected chi connectivity index (χ0v) is 16.8. The number of benzene rings is 2. The van der Waals surface area contributed by atoms with Gasteiger partial charge in [0.15, 0.2) is 0 Å². The molecular formula is C20H27Cl2N3O2.